The molecule has 10 unspecified atom stereocenters. The number of rotatable bonds is 19. The van der Waals surface area contributed by atoms with Crippen LogP contribution in [0.1, 0.15) is 128 Å². The van der Waals surface area contributed by atoms with Crippen molar-refractivity contribution >= 4 is 0 Å². The van der Waals surface area contributed by atoms with E-state index >= 15 is 4.39 Å². The zero-order valence-electron chi connectivity index (χ0n) is 25.0. The van der Waals surface area contributed by atoms with Crippen LogP contribution >= 0.6 is 0 Å². The Hall–Kier alpha value is -0.400. The Bertz CT molecular complexity index is 527. The van der Waals surface area contributed by atoms with E-state index < -0.39 is 12.3 Å². The summed E-state index contributed by atoms with van der Waals surface area (Å²) in [6.07, 6.45) is 6.82. The van der Waals surface area contributed by atoms with Gasteiger partial charge in [-0.2, -0.15) is 0 Å². The van der Waals surface area contributed by atoms with Gasteiger partial charge in [-0.15, -0.1) is 0 Å². The highest BCUT2D eigenvalue weighted by Gasteiger charge is 2.27. The Balaban J connectivity index is 4.40. The number of alkyl halides is 2. The zero-order chi connectivity index (χ0) is 26.6. The first-order chi connectivity index (χ1) is 15.7. The maximum absolute atomic E-state index is 15.1. The van der Waals surface area contributed by atoms with Crippen LogP contribution in [0.25, 0.3) is 0 Å². The fraction of sp³-hybridized carbons (Fsp3) is 0.938. The molecule has 0 aliphatic heterocycles. The van der Waals surface area contributed by atoms with Gasteiger partial charge in [0, 0.05) is 0 Å². The minimum Gasteiger partial charge on any atom is -0.247 e. The second kappa shape index (κ2) is 17.1. The number of hydrogen-bond acceptors (Lipinski definition) is 0. The minimum atomic E-state index is -0.872. The van der Waals surface area contributed by atoms with E-state index in [1.807, 2.05) is 0 Å². The summed E-state index contributed by atoms with van der Waals surface area (Å²) in [5, 5.41) is 0. The predicted molar refractivity (Wildman–Crippen MR) is 150 cm³/mol. The molecule has 0 aliphatic carbocycles. The lowest BCUT2D eigenvalue weighted by molar-refractivity contribution is 0.131. The lowest BCUT2D eigenvalue weighted by atomic mass is 9.78. The first-order valence-corrected chi connectivity index (χ1v) is 14.6. The van der Waals surface area contributed by atoms with Crippen molar-refractivity contribution in [3.8, 4) is 0 Å². The van der Waals surface area contributed by atoms with Crippen LogP contribution in [0.15, 0.2) is 12.2 Å². The maximum atomic E-state index is 15.1. The average molecular weight is 485 g/mol. The zero-order valence-corrected chi connectivity index (χ0v) is 25.0. The second-order valence-corrected chi connectivity index (χ2v) is 13.1. The fourth-order valence-electron chi connectivity index (χ4n) is 4.97. The summed E-state index contributed by atoms with van der Waals surface area (Å²) >= 11 is 0. The Morgan fingerprint density at radius 1 is 0.529 bits per heavy atom. The molecular formula is C32H62F2. The smallest absolute Gasteiger partial charge is 0.121 e. The van der Waals surface area contributed by atoms with E-state index in [1.54, 1.807) is 6.92 Å². The minimum absolute atomic E-state index is 0.130. The number of allylic oxidation sites excluding steroid dienone is 1. The van der Waals surface area contributed by atoms with Crippen LogP contribution < -0.4 is 0 Å². The molecule has 0 aromatic heterocycles. The van der Waals surface area contributed by atoms with E-state index in [-0.39, 0.29) is 5.92 Å². The van der Waals surface area contributed by atoms with Crippen molar-refractivity contribution in [2.24, 2.45) is 53.3 Å². The fourth-order valence-corrected chi connectivity index (χ4v) is 4.97. The molecule has 0 heterocycles. The van der Waals surface area contributed by atoms with Gasteiger partial charge in [-0.3, -0.25) is 0 Å². The predicted octanol–water partition coefficient (Wildman–Crippen LogP) is 11.1. The lowest BCUT2D eigenvalue weighted by Crippen LogP contribution is -2.25. The number of hydrogen-bond donors (Lipinski definition) is 0. The molecule has 2 heteroatoms. The van der Waals surface area contributed by atoms with Crippen molar-refractivity contribution in [2.75, 3.05) is 0 Å². The van der Waals surface area contributed by atoms with Gasteiger partial charge in [0.1, 0.15) is 12.3 Å². The van der Waals surface area contributed by atoms with Gasteiger partial charge in [0.05, 0.1) is 0 Å². The molecule has 0 fully saturated rings. The highest BCUT2D eigenvalue weighted by molar-refractivity contribution is 4.97. The third kappa shape index (κ3) is 13.6. The van der Waals surface area contributed by atoms with Crippen molar-refractivity contribution in [1.82, 2.24) is 0 Å². The Labute approximate surface area is 214 Å². The third-order valence-corrected chi connectivity index (χ3v) is 9.45. The van der Waals surface area contributed by atoms with Crippen LogP contribution in [-0.2, 0) is 0 Å². The van der Waals surface area contributed by atoms with Gasteiger partial charge < -0.3 is 0 Å². The molecule has 0 aliphatic rings. The van der Waals surface area contributed by atoms with Gasteiger partial charge in [0.25, 0.3) is 0 Å². The van der Waals surface area contributed by atoms with Gasteiger partial charge in [-0.05, 0) is 78.6 Å². The van der Waals surface area contributed by atoms with Crippen LogP contribution in [0, 0.1) is 53.3 Å². The molecule has 204 valence electrons. The van der Waals surface area contributed by atoms with Crippen molar-refractivity contribution in [3.63, 3.8) is 0 Å². The lowest BCUT2D eigenvalue weighted by Gasteiger charge is -2.30. The molecule has 0 aromatic rings. The van der Waals surface area contributed by atoms with Gasteiger partial charge in [-0.1, -0.05) is 114 Å². The van der Waals surface area contributed by atoms with Crippen LogP contribution in [0.3, 0.4) is 0 Å². The molecule has 0 bridgehead atoms. The van der Waals surface area contributed by atoms with Gasteiger partial charge in [-0.25, -0.2) is 8.78 Å². The van der Waals surface area contributed by atoms with Crippen molar-refractivity contribution in [1.29, 1.82) is 0 Å². The molecule has 0 saturated heterocycles. The van der Waals surface area contributed by atoms with Crippen molar-refractivity contribution < 1.29 is 8.78 Å². The summed E-state index contributed by atoms with van der Waals surface area (Å²) in [7, 11) is 0. The molecule has 0 rings (SSSR count). The van der Waals surface area contributed by atoms with Gasteiger partial charge >= 0.3 is 0 Å². The molecule has 0 amide bonds. The average Bonchev–Trinajstić information content (AvgIpc) is 2.77. The molecule has 0 radical (unpaired) electrons. The molecular weight excluding hydrogens is 422 g/mol. The molecule has 0 saturated carbocycles. The van der Waals surface area contributed by atoms with E-state index in [1.165, 1.54) is 25.7 Å². The van der Waals surface area contributed by atoms with Crippen LogP contribution in [0.2, 0.25) is 0 Å². The van der Waals surface area contributed by atoms with E-state index in [0.29, 0.717) is 59.8 Å². The first-order valence-electron chi connectivity index (χ1n) is 14.6. The molecule has 10 atom stereocenters. The standard InChI is InChI=1S/C32H62F2/c1-21(2)13-14-25(7)29(11)20-32(34)30(12)27(9)18-17-24(6)23(5)15-16-26(8)28(10)19-31(33)22(3)4/h21,23-32H,3,13-20H2,1-2,4-12H3. The monoisotopic (exact) mass is 484 g/mol. The van der Waals surface area contributed by atoms with E-state index in [0.717, 1.165) is 18.8 Å². The van der Waals surface area contributed by atoms with Crippen LogP contribution in [-0.4, -0.2) is 12.3 Å². The van der Waals surface area contributed by atoms with Crippen molar-refractivity contribution in [3.05, 3.63) is 12.2 Å². The highest BCUT2D eigenvalue weighted by Crippen LogP contribution is 2.33. The topological polar surface area (TPSA) is 0 Å². The number of halogens is 2. The maximum Gasteiger partial charge on any atom is 0.121 e. The summed E-state index contributed by atoms with van der Waals surface area (Å²) in [6, 6.07) is 0. The summed E-state index contributed by atoms with van der Waals surface area (Å²) in [5.74, 6) is 4.55. The summed E-state index contributed by atoms with van der Waals surface area (Å²) in [5.41, 5.74) is 0.648. The second-order valence-electron chi connectivity index (χ2n) is 13.1. The van der Waals surface area contributed by atoms with E-state index in [9.17, 15) is 4.39 Å². The SMILES string of the molecule is C=C(C)C(F)CC(C)C(C)CCC(C)C(C)CCC(C)C(C)C(F)CC(C)C(C)CCC(C)C. The molecule has 34 heavy (non-hydrogen) atoms. The normalized spacial score (nSPS) is 21.2. The summed E-state index contributed by atoms with van der Waals surface area (Å²) in [4.78, 5) is 0. The highest BCUT2D eigenvalue weighted by atomic mass is 19.1. The molecule has 0 N–H and O–H groups in total. The van der Waals surface area contributed by atoms with Crippen LogP contribution in [0.4, 0.5) is 8.78 Å². The first kappa shape index (κ1) is 33.6. The van der Waals surface area contributed by atoms with Gasteiger partial charge in [0.2, 0.25) is 0 Å². The largest absolute Gasteiger partial charge is 0.247 e. The van der Waals surface area contributed by atoms with E-state index in [4.69, 9.17) is 0 Å². The molecule has 0 aromatic carbocycles. The Morgan fingerprint density at radius 2 is 0.882 bits per heavy atom. The quantitative estimate of drug-likeness (QED) is 0.160. The summed E-state index contributed by atoms with van der Waals surface area (Å²) in [6.45, 7) is 28.2. The van der Waals surface area contributed by atoms with E-state index in [2.05, 4.69) is 75.8 Å². The summed E-state index contributed by atoms with van der Waals surface area (Å²) < 4.78 is 29.1. The Morgan fingerprint density at radius 3 is 1.29 bits per heavy atom. The van der Waals surface area contributed by atoms with Gasteiger partial charge in [0.15, 0.2) is 0 Å². The molecule has 0 spiro atoms. The Kier molecular flexibility index (Phi) is 16.9. The molecule has 0 nitrogen and oxygen atoms in total. The third-order valence-electron chi connectivity index (χ3n) is 9.45. The van der Waals surface area contributed by atoms with Crippen LogP contribution in [0.5, 0.6) is 0 Å². The van der Waals surface area contributed by atoms with Crippen molar-refractivity contribution in [2.45, 2.75) is 140 Å².